The molecule has 0 saturated heterocycles. The summed E-state index contributed by atoms with van der Waals surface area (Å²) in [5, 5.41) is 2.55. The lowest BCUT2D eigenvalue weighted by Gasteiger charge is -2.08. The quantitative estimate of drug-likeness (QED) is 0.721. The van der Waals surface area contributed by atoms with E-state index in [-0.39, 0.29) is 11.7 Å². The zero-order chi connectivity index (χ0) is 13.4. The van der Waals surface area contributed by atoms with Crippen LogP contribution < -0.4 is 10.1 Å². The molecule has 0 aliphatic rings. The summed E-state index contributed by atoms with van der Waals surface area (Å²) in [4.78, 5) is 3.74. The first-order chi connectivity index (χ1) is 8.69. The summed E-state index contributed by atoms with van der Waals surface area (Å²) in [7, 11) is 1.53. The van der Waals surface area contributed by atoms with E-state index in [0.717, 1.165) is 25.3 Å². The van der Waals surface area contributed by atoms with Crippen LogP contribution in [0.4, 0.5) is 14.6 Å². The second-order valence-corrected chi connectivity index (χ2v) is 4.12. The Balaban J connectivity index is 2.42. The highest BCUT2D eigenvalue weighted by Crippen LogP contribution is 2.20. The lowest BCUT2D eigenvalue weighted by molar-refractivity contribution is 0.277. The minimum absolute atomic E-state index is 0.00242. The molecule has 5 heteroatoms. The van der Waals surface area contributed by atoms with Gasteiger partial charge < -0.3 is 10.1 Å². The minimum Gasteiger partial charge on any atom is -0.476 e. The molecule has 0 amide bonds. The summed E-state index contributed by atoms with van der Waals surface area (Å²) in [5.74, 6) is -1.63. The van der Waals surface area contributed by atoms with Gasteiger partial charge in [-0.3, -0.25) is 0 Å². The molecular weight excluding hydrogens is 238 g/mol. The van der Waals surface area contributed by atoms with Gasteiger partial charge in [-0.25, -0.2) is 8.78 Å². The molecule has 0 atom stereocenters. The van der Waals surface area contributed by atoms with Crippen molar-refractivity contribution in [1.82, 2.24) is 4.98 Å². The lowest BCUT2D eigenvalue weighted by Crippen LogP contribution is -2.05. The van der Waals surface area contributed by atoms with Gasteiger partial charge in [-0.15, -0.1) is 0 Å². The van der Waals surface area contributed by atoms with Crippen molar-refractivity contribution in [2.24, 2.45) is 0 Å². The number of rotatable bonds is 8. The molecule has 102 valence electrons. The second kappa shape index (κ2) is 7.84. The Morgan fingerprint density at radius 3 is 2.56 bits per heavy atom. The summed E-state index contributed by atoms with van der Waals surface area (Å²) in [5.41, 5.74) is 0. The van der Waals surface area contributed by atoms with Gasteiger partial charge in [0.1, 0.15) is 0 Å². The Hall–Kier alpha value is -1.39. The number of nitrogens with zero attached hydrogens (tertiary/aromatic N) is 1. The zero-order valence-corrected chi connectivity index (χ0v) is 10.9. The molecule has 0 saturated carbocycles. The molecule has 0 aliphatic heterocycles. The van der Waals surface area contributed by atoms with Crippen molar-refractivity contribution in [3.63, 3.8) is 0 Å². The molecule has 0 spiro atoms. The maximum atomic E-state index is 13.3. The average Bonchev–Trinajstić information content (AvgIpc) is 2.36. The predicted octanol–water partition coefficient (Wildman–Crippen LogP) is 3.75. The van der Waals surface area contributed by atoms with E-state index in [0.29, 0.717) is 6.61 Å². The first-order valence-electron chi connectivity index (χ1n) is 6.35. The number of hydrogen-bond donors (Lipinski definition) is 1. The van der Waals surface area contributed by atoms with E-state index in [1.165, 1.54) is 19.9 Å². The van der Waals surface area contributed by atoms with Crippen molar-refractivity contribution in [2.45, 2.75) is 39.0 Å². The van der Waals surface area contributed by atoms with Gasteiger partial charge in [0.15, 0.2) is 17.5 Å². The fourth-order valence-electron chi connectivity index (χ4n) is 1.60. The van der Waals surface area contributed by atoms with Crippen molar-refractivity contribution in [3.05, 3.63) is 17.7 Å². The molecule has 0 radical (unpaired) electrons. The standard InChI is InChI=1S/C13H20F2N2O/c1-3-4-5-6-7-8-18-13-11(15)9-10(14)12(16-2)17-13/h9H,3-8H2,1-2H3,(H,16,17). The minimum atomic E-state index is -0.764. The Morgan fingerprint density at radius 2 is 1.89 bits per heavy atom. The van der Waals surface area contributed by atoms with Gasteiger partial charge in [0.2, 0.25) is 0 Å². The molecule has 0 bridgehead atoms. The summed E-state index contributed by atoms with van der Waals surface area (Å²) in [6.07, 6.45) is 5.44. The number of pyridine rings is 1. The molecular formula is C13H20F2N2O. The fraction of sp³-hybridized carbons (Fsp3) is 0.615. The number of ether oxygens (including phenoxy) is 1. The van der Waals surface area contributed by atoms with E-state index in [4.69, 9.17) is 4.74 Å². The zero-order valence-electron chi connectivity index (χ0n) is 10.9. The molecule has 1 aromatic heterocycles. The number of anilines is 1. The summed E-state index contributed by atoms with van der Waals surface area (Å²) >= 11 is 0. The highest BCUT2D eigenvalue weighted by atomic mass is 19.1. The second-order valence-electron chi connectivity index (χ2n) is 4.12. The van der Waals surface area contributed by atoms with Gasteiger partial charge >= 0.3 is 0 Å². The van der Waals surface area contributed by atoms with E-state index < -0.39 is 11.6 Å². The van der Waals surface area contributed by atoms with Gasteiger partial charge in [0, 0.05) is 13.1 Å². The van der Waals surface area contributed by atoms with Crippen molar-refractivity contribution in [3.8, 4) is 5.88 Å². The van der Waals surface area contributed by atoms with Crippen LogP contribution in [0.3, 0.4) is 0 Å². The smallest absolute Gasteiger partial charge is 0.252 e. The molecule has 0 fully saturated rings. The van der Waals surface area contributed by atoms with Gasteiger partial charge in [-0.1, -0.05) is 32.6 Å². The van der Waals surface area contributed by atoms with Crippen LogP contribution in [0.1, 0.15) is 39.0 Å². The SMILES string of the molecule is CCCCCCCOc1nc(NC)c(F)cc1F. The first kappa shape index (κ1) is 14.7. The summed E-state index contributed by atoms with van der Waals surface area (Å²) in [6.45, 7) is 2.55. The van der Waals surface area contributed by atoms with E-state index in [1.807, 2.05) is 0 Å². The highest BCUT2D eigenvalue weighted by Gasteiger charge is 2.11. The van der Waals surface area contributed by atoms with Gasteiger partial charge in [-0.2, -0.15) is 4.98 Å². The number of nitrogens with one attached hydrogen (secondary N) is 1. The predicted molar refractivity (Wildman–Crippen MR) is 68.0 cm³/mol. The largest absolute Gasteiger partial charge is 0.476 e. The van der Waals surface area contributed by atoms with E-state index in [1.54, 1.807) is 0 Å². The number of aromatic nitrogens is 1. The fourth-order valence-corrected chi connectivity index (χ4v) is 1.60. The molecule has 1 N–H and O–H groups in total. The molecule has 0 aromatic carbocycles. The van der Waals surface area contributed by atoms with Gasteiger partial charge in [-0.05, 0) is 6.42 Å². The van der Waals surface area contributed by atoms with Crippen LogP contribution in [0.15, 0.2) is 6.07 Å². The third-order valence-electron chi connectivity index (χ3n) is 2.62. The van der Waals surface area contributed by atoms with Gasteiger partial charge in [0.05, 0.1) is 6.61 Å². The van der Waals surface area contributed by atoms with Crippen molar-refractivity contribution in [2.75, 3.05) is 19.0 Å². The van der Waals surface area contributed by atoms with Crippen molar-refractivity contribution < 1.29 is 13.5 Å². The van der Waals surface area contributed by atoms with Crippen LogP contribution in [0.5, 0.6) is 5.88 Å². The number of hydrogen-bond acceptors (Lipinski definition) is 3. The van der Waals surface area contributed by atoms with Crippen molar-refractivity contribution >= 4 is 5.82 Å². The third-order valence-corrected chi connectivity index (χ3v) is 2.62. The molecule has 0 aliphatic carbocycles. The summed E-state index contributed by atoms with van der Waals surface area (Å²) < 4.78 is 31.7. The number of unbranched alkanes of at least 4 members (excludes halogenated alkanes) is 4. The van der Waals surface area contributed by atoms with Gasteiger partial charge in [0.25, 0.3) is 5.88 Å². The molecule has 1 rings (SSSR count). The Bertz CT molecular complexity index is 372. The van der Waals surface area contributed by atoms with Crippen LogP contribution in [0.2, 0.25) is 0 Å². The topological polar surface area (TPSA) is 34.1 Å². The Kier molecular flexibility index (Phi) is 6.39. The van der Waals surface area contributed by atoms with Crippen molar-refractivity contribution in [1.29, 1.82) is 0 Å². The van der Waals surface area contributed by atoms with E-state index in [2.05, 4.69) is 17.2 Å². The molecule has 18 heavy (non-hydrogen) atoms. The lowest BCUT2D eigenvalue weighted by atomic mass is 10.2. The maximum Gasteiger partial charge on any atom is 0.252 e. The molecule has 0 unspecified atom stereocenters. The van der Waals surface area contributed by atoms with Crippen LogP contribution in [-0.4, -0.2) is 18.6 Å². The normalized spacial score (nSPS) is 10.4. The van der Waals surface area contributed by atoms with Crippen LogP contribution in [-0.2, 0) is 0 Å². The Labute approximate surface area is 107 Å². The maximum absolute atomic E-state index is 13.3. The van der Waals surface area contributed by atoms with Crippen LogP contribution >= 0.6 is 0 Å². The molecule has 3 nitrogen and oxygen atoms in total. The number of halogens is 2. The van der Waals surface area contributed by atoms with E-state index in [9.17, 15) is 8.78 Å². The molecule has 1 heterocycles. The monoisotopic (exact) mass is 258 g/mol. The third kappa shape index (κ3) is 4.47. The average molecular weight is 258 g/mol. The van der Waals surface area contributed by atoms with Crippen LogP contribution in [0.25, 0.3) is 0 Å². The highest BCUT2D eigenvalue weighted by molar-refractivity contribution is 5.38. The first-order valence-corrected chi connectivity index (χ1v) is 6.35. The van der Waals surface area contributed by atoms with E-state index >= 15 is 0 Å². The van der Waals surface area contributed by atoms with Crippen LogP contribution in [0, 0.1) is 11.6 Å². The molecule has 1 aromatic rings. The Morgan fingerprint density at radius 1 is 1.17 bits per heavy atom. The summed E-state index contributed by atoms with van der Waals surface area (Å²) in [6, 6.07) is 0.783.